The molecule has 3 heteroatoms. The van der Waals surface area contributed by atoms with Crippen molar-refractivity contribution in [3.05, 3.63) is 35.9 Å². The van der Waals surface area contributed by atoms with E-state index in [2.05, 4.69) is 13.8 Å². The maximum atomic E-state index is 11.5. The van der Waals surface area contributed by atoms with E-state index in [1.54, 1.807) is 0 Å². The normalized spacial score (nSPS) is 13.8. The molecule has 0 amide bonds. The van der Waals surface area contributed by atoms with E-state index in [1.165, 1.54) is 7.11 Å². The topological polar surface area (TPSA) is 35.5 Å². The number of benzene rings is 1. The second kappa shape index (κ2) is 9.54. The number of rotatable bonds is 9. The molecule has 0 heterocycles. The lowest BCUT2D eigenvalue weighted by atomic mass is 9.95. The first kappa shape index (κ1) is 16.7. The molecule has 0 unspecified atom stereocenters. The van der Waals surface area contributed by atoms with Gasteiger partial charge in [-0.3, -0.25) is 4.79 Å². The predicted octanol–water partition coefficient (Wildman–Crippen LogP) is 3.96. The van der Waals surface area contributed by atoms with Crippen LogP contribution in [0.2, 0.25) is 0 Å². The van der Waals surface area contributed by atoms with Crippen LogP contribution in [0.25, 0.3) is 0 Å². The maximum absolute atomic E-state index is 11.5. The number of esters is 1. The molecule has 112 valence electrons. The van der Waals surface area contributed by atoms with Gasteiger partial charge in [-0.05, 0) is 17.9 Å². The zero-order valence-electron chi connectivity index (χ0n) is 12.8. The number of ether oxygens (including phenoxy) is 2. The summed E-state index contributed by atoms with van der Waals surface area (Å²) in [6.45, 7) is 4.86. The third kappa shape index (κ3) is 6.20. The van der Waals surface area contributed by atoms with Gasteiger partial charge in [0.1, 0.15) is 0 Å². The summed E-state index contributed by atoms with van der Waals surface area (Å²) in [5, 5.41) is 0. The van der Waals surface area contributed by atoms with Crippen LogP contribution in [0, 0.1) is 5.92 Å². The van der Waals surface area contributed by atoms with Crippen molar-refractivity contribution in [2.24, 2.45) is 5.92 Å². The molecule has 0 N–H and O–H groups in total. The second-order valence-corrected chi connectivity index (χ2v) is 5.23. The van der Waals surface area contributed by atoms with Gasteiger partial charge >= 0.3 is 5.97 Å². The minimum Gasteiger partial charge on any atom is -0.469 e. The highest BCUT2D eigenvalue weighted by Crippen LogP contribution is 2.20. The molecule has 0 radical (unpaired) electrons. The molecule has 2 atom stereocenters. The first-order chi connectivity index (χ1) is 9.67. The molecule has 0 saturated heterocycles. The average Bonchev–Trinajstić information content (AvgIpc) is 2.49. The summed E-state index contributed by atoms with van der Waals surface area (Å²) in [6, 6.07) is 10.0. The number of carbonyl (C=O) groups excluding carboxylic acids is 1. The van der Waals surface area contributed by atoms with Gasteiger partial charge in [0.05, 0.1) is 26.2 Å². The molecule has 0 aliphatic carbocycles. The number of hydrogen-bond donors (Lipinski definition) is 0. The molecular formula is C17H26O3. The van der Waals surface area contributed by atoms with Gasteiger partial charge in [0.15, 0.2) is 0 Å². The largest absolute Gasteiger partial charge is 0.469 e. The third-order valence-electron chi connectivity index (χ3n) is 3.55. The fourth-order valence-corrected chi connectivity index (χ4v) is 2.16. The van der Waals surface area contributed by atoms with Crippen molar-refractivity contribution >= 4 is 5.97 Å². The quantitative estimate of drug-likeness (QED) is 0.641. The lowest BCUT2D eigenvalue weighted by Crippen LogP contribution is -2.26. The summed E-state index contributed by atoms with van der Waals surface area (Å²) in [4.78, 5) is 11.5. The summed E-state index contributed by atoms with van der Waals surface area (Å²) < 4.78 is 10.7. The van der Waals surface area contributed by atoms with Crippen LogP contribution in [-0.4, -0.2) is 19.2 Å². The van der Waals surface area contributed by atoms with E-state index in [9.17, 15) is 4.79 Å². The molecule has 0 fully saturated rings. The zero-order valence-corrected chi connectivity index (χ0v) is 12.8. The lowest BCUT2D eigenvalue weighted by Gasteiger charge is -2.23. The van der Waals surface area contributed by atoms with Crippen molar-refractivity contribution in [1.82, 2.24) is 0 Å². The summed E-state index contributed by atoms with van der Waals surface area (Å²) in [6.07, 6.45) is 3.65. The number of hydrogen-bond acceptors (Lipinski definition) is 3. The zero-order chi connectivity index (χ0) is 14.8. The van der Waals surface area contributed by atoms with Crippen LogP contribution < -0.4 is 0 Å². The second-order valence-electron chi connectivity index (χ2n) is 5.23. The van der Waals surface area contributed by atoms with Crippen LogP contribution >= 0.6 is 0 Å². The van der Waals surface area contributed by atoms with Crippen molar-refractivity contribution in [3.63, 3.8) is 0 Å². The van der Waals surface area contributed by atoms with Crippen LogP contribution in [0.3, 0.4) is 0 Å². The predicted molar refractivity (Wildman–Crippen MR) is 80.3 cm³/mol. The minimum atomic E-state index is -0.202. The van der Waals surface area contributed by atoms with E-state index in [-0.39, 0.29) is 12.1 Å². The first-order valence-electron chi connectivity index (χ1n) is 7.39. The Kier molecular flexibility index (Phi) is 7.97. The molecule has 0 bridgehead atoms. The molecule has 0 aliphatic heterocycles. The van der Waals surface area contributed by atoms with Crippen molar-refractivity contribution in [3.8, 4) is 0 Å². The molecule has 1 rings (SSSR count). The lowest BCUT2D eigenvalue weighted by molar-refractivity contribution is -0.145. The van der Waals surface area contributed by atoms with E-state index in [0.29, 0.717) is 18.9 Å². The summed E-state index contributed by atoms with van der Waals surface area (Å²) in [5.74, 6) is 0.157. The van der Waals surface area contributed by atoms with Gasteiger partial charge in [0.25, 0.3) is 0 Å². The highest BCUT2D eigenvalue weighted by atomic mass is 16.5. The monoisotopic (exact) mass is 278 g/mol. The van der Waals surface area contributed by atoms with E-state index in [1.807, 2.05) is 30.3 Å². The average molecular weight is 278 g/mol. The molecule has 20 heavy (non-hydrogen) atoms. The van der Waals surface area contributed by atoms with Crippen LogP contribution in [-0.2, 0) is 20.9 Å². The van der Waals surface area contributed by atoms with Crippen molar-refractivity contribution in [2.45, 2.75) is 52.2 Å². The van der Waals surface area contributed by atoms with Crippen molar-refractivity contribution in [1.29, 1.82) is 0 Å². The molecule has 0 spiro atoms. The van der Waals surface area contributed by atoms with Gasteiger partial charge in [-0.1, -0.05) is 57.0 Å². The van der Waals surface area contributed by atoms with Gasteiger partial charge in [-0.15, -0.1) is 0 Å². The third-order valence-corrected chi connectivity index (χ3v) is 3.55. The molecule has 0 aliphatic rings. The highest BCUT2D eigenvalue weighted by Gasteiger charge is 2.21. The molecule has 1 aromatic rings. The smallest absolute Gasteiger partial charge is 0.308 e. The Balaban J connectivity index is 2.54. The van der Waals surface area contributed by atoms with E-state index < -0.39 is 0 Å². The van der Waals surface area contributed by atoms with Crippen LogP contribution in [0.5, 0.6) is 0 Å². The molecule has 0 aromatic heterocycles. The van der Waals surface area contributed by atoms with Gasteiger partial charge < -0.3 is 9.47 Å². The number of unbranched alkanes of at least 4 members (excludes halogenated alkanes) is 1. The van der Waals surface area contributed by atoms with Gasteiger partial charge in [0, 0.05) is 0 Å². The highest BCUT2D eigenvalue weighted by molar-refractivity contribution is 5.69. The maximum Gasteiger partial charge on any atom is 0.308 e. The van der Waals surface area contributed by atoms with Gasteiger partial charge in [0.2, 0.25) is 0 Å². The van der Waals surface area contributed by atoms with Gasteiger partial charge in [-0.2, -0.15) is 0 Å². The SMILES string of the molecule is CCCC[C@H](C)[C@@H](CC(=O)OC)OCc1ccccc1. The Labute approximate surface area is 122 Å². The number of methoxy groups -OCH3 is 1. The fraction of sp³-hybridized carbons (Fsp3) is 0.588. The minimum absolute atomic E-state index is 0.0748. The Bertz CT molecular complexity index is 375. The van der Waals surface area contributed by atoms with Crippen LogP contribution in [0.15, 0.2) is 30.3 Å². The number of carbonyl (C=O) groups is 1. The molecule has 0 saturated carbocycles. The molecule has 1 aromatic carbocycles. The van der Waals surface area contributed by atoms with Crippen LogP contribution in [0.4, 0.5) is 0 Å². The Morgan fingerprint density at radius 2 is 1.95 bits per heavy atom. The fourth-order valence-electron chi connectivity index (χ4n) is 2.16. The van der Waals surface area contributed by atoms with Crippen LogP contribution in [0.1, 0.15) is 45.1 Å². The Hall–Kier alpha value is -1.35. The Morgan fingerprint density at radius 1 is 1.25 bits per heavy atom. The summed E-state index contributed by atoms with van der Waals surface area (Å²) in [5.41, 5.74) is 1.13. The standard InChI is InChI=1S/C17H26O3/c1-4-5-9-14(2)16(12-17(18)19-3)20-13-15-10-7-6-8-11-15/h6-8,10-11,14,16H,4-5,9,12-13H2,1-3H3/t14-,16+/m0/s1. The van der Waals surface area contributed by atoms with E-state index in [0.717, 1.165) is 24.8 Å². The summed E-state index contributed by atoms with van der Waals surface area (Å²) >= 11 is 0. The van der Waals surface area contributed by atoms with Crippen molar-refractivity contribution in [2.75, 3.05) is 7.11 Å². The van der Waals surface area contributed by atoms with Crippen molar-refractivity contribution < 1.29 is 14.3 Å². The first-order valence-corrected chi connectivity index (χ1v) is 7.39. The summed E-state index contributed by atoms with van der Waals surface area (Å²) in [7, 11) is 1.42. The molecule has 3 nitrogen and oxygen atoms in total. The van der Waals surface area contributed by atoms with E-state index in [4.69, 9.17) is 9.47 Å². The van der Waals surface area contributed by atoms with Gasteiger partial charge in [-0.25, -0.2) is 0 Å². The van der Waals surface area contributed by atoms with E-state index >= 15 is 0 Å². The molecular weight excluding hydrogens is 252 g/mol. The Morgan fingerprint density at radius 3 is 2.55 bits per heavy atom.